The number of ether oxygens (including phenoxy) is 1. The van der Waals surface area contributed by atoms with Gasteiger partial charge in [0.15, 0.2) is 11.6 Å². The Kier molecular flexibility index (Phi) is 3.56. The number of nitrogens with one attached hydrogen (secondary N) is 1. The van der Waals surface area contributed by atoms with Crippen molar-refractivity contribution >= 4 is 27.4 Å². The van der Waals surface area contributed by atoms with Gasteiger partial charge in [0.1, 0.15) is 10.9 Å². The van der Waals surface area contributed by atoms with Gasteiger partial charge in [0.05, 0.1) is 5.39 Å². The predicted molar refractivity (Wildman–Crippen MR) is 69.8 cm³/mol. The third-order valence-corrected chi connectivity index (χ3v) is 3.40. The van der Waals surface area contributed by atoms with Crippen LogP contribution in [0, 0.1) is 5.92 Å². The van der Waals surface area contributed by atoms with Gasteiger partial charge in [-0.05, 0) is 17.4 Å². The number of fused-ring (bicyclic) bond motifs is 1. The van der Waals surface area contributed by atoms with Gasteiger partial charge in [0, 0.05) is 7.11 Å². The minimum absolute atomic E-state index is 0.117. The topological polar surface area (TPSA) is 73.1 Å². The Morgan fingerprint density at radius 1 is 1.41 bits per heavy atom. The number of nitrogen functional groups attached to an aromatic ring is 1. The first-order valence-electron chi connectivity index (χ1n) is 5.42. The van der Waals surface area contributed by atoms with Crippen molar-refractivity contribution in [1.82, 2.24) is 9.97 Å². The molecule has 0 amide bonds. The van der Waals surface area contributed by atoms with E-state index in [1.807, 2.05) is 11.4 Å². The smallest absolute Gasteiger partial charge is 0.161 e. The number of anilines is 1. The standard InChI is InChI=1S/C11H16N4OS/c1-6(2)8(16-3)10-13-9(15-12)7-4-5-17-11(7)14-10/h4-6,8H,12H2,1-3H3,(H,13,14,15). The van der Waals surface area contributed by atoms with Crippen LogP contribution in [0.4, 0.5) is 5.82 Å². The molecule has 5 nitrogen and oxygen atoms in total. The van der Waals surface area contributed by atoms with Crippen LogP contribution in [0.1, 0.15) is 25.8 Å². The minimum Gasteiger partial charge on any atom is -0.373 e. The molecular formula is C11H16N4OS. The van der Waals surface area contributed by atoms with E-state index in [4.69, 9.17) is 10.6 Å². The van der Waals surface area contributed by atoms with Gasteiger partial charge >= 0.3 is 0 Å². The molecule has 2 aromatic rings. The molecule has 2 heterocycles. The fourth-order valence-corrected chi connectivity index (χ4v) is 2.56. The number of methoxy groups -OCH3 is 1. The molecule has 0 spiro atoms. The highest BCUT2D eigenvalue weighted by molar-refractivity contribution is 7.16. The molecule has 0 radical (unpaired) electrons. The van der Waals surface area contributed by atoms with Gasteiger partial charge in [-0.15, -0.1) is 11.3 Å². The Labute approximate surface area is 104 Å². The Hall–Kier alpha value is -1.24. The zero-order valence-corrected chi connectivity index (χ0v) is 10.9. The molecule has 92 valence electrons. The van der Waals surface area contributed by atoms with Crippen LogP contribution in [0.15, 0.2) is 11.4 Å². The molecule has 0 aromatic carbocycles. The molecule has 0 bridgehead atoms. The number of hydrogen-bond acceptors (Lipinski definition) is 6. The molecular weight excluding hydrogens is 236 g/mol. The second-order valence-corrected chi connectivity index (χ2v) is 5.01. The SMILES string of the molecule is COC(c1nc(NN)c2ccsc2n1)C(C)C. The normalized spacial score (nSPS) is 13.2. The fraction of sp³-hybridized carbons (Fsp3) is 0.455. The van der Waals surface area contributed by atoms with E-state index in [2.05, 4.69) is 29.2 Å². The van der Waals surface area contributed by atoms with Crippen LogP contribution in [0.5, 0.6) is 0 Å². The van der Waals surface area contributed by atoms with Crippen LogP contribution in [-0.2, 0) is 4.74 Å². The van der Waals surface area contributed by atoms with Crippen LogP contribution in [-0.4, -0.2) is 17.1 Å². The number of aromatic nitrogens is 2. The number of rotatable bonds is 4. The summed E-state index contributed by atoms with van der Waals surface area (Å²) >= 11 is 1.57. The lowest BCUT2D eigenvalue weighted by Crippen LogP contribution is -2.16. The largest absolute Gasteiger partial charge is 0.373 e. The lowest BCUT2D eigenvalue weighted by atomic mass is 10.1. The summed E-state index contributed by atoms with van der Waals surface area (Å²) < 4.78 is 5.43. The van der Waals surface area contributed by atoms with Crippen LogP contribution >= 0.6 is 11.3 Å². The number of hydrogen-bond donors (Lipinski definition) is 2. The summed E-state index contributed by atoms with van der Waals surface area (Å²) in [5.41, 5.74) is 2.61. The lowest BCUT2D eigenvalue weighted by Gasteiger charge is -2.18. The van der Waals surface area contributed by atoms with Crippen molar-refractivity contribution in [2.24, 2.45) is 11.8 Å². The molecule has 0 aliphatic rings. The van der Waals surface area contributed by atoms with Crippen LogP contribution < -0.4 is 11.3 Å². The van der Waals surface area contributed by atoms with Gasteiger partial charge in [0.25, 0.3) is 0 Å². The molecule has 3 N–H and O–H groups in total. The Morgan fingerprint density at radius 3 is 2.76 bits per heavy atom. The van der Waals surface area contributed by atoms with E-state index in [0.717, 1.165) is 10.2 Å². The van der Waals surface area contributed by atoms with Gasteiger partial charge < -0.3 is 10.2 Å². The summed E-state index contributed by atoms with van der Waals surface area (Å²) in [6.45, 7) is 4.15. The van der Waals surface area contributed by atoms with Gasteiger partial charge in [0.2, 0.25) is 0 Å². The molecule has 17 heavy (non-hydrogen) atoms. The molecule has 1 atom stereocenters. The van der Waals surface area contributed by atoms with Gasteiger partial charge in [-0.2, -0.15) is 0 Å². The number of nitrogens with zero attached hydrogens (tertiary/aromatic N) is 2. The average molecular weight is 252 g/mol. The molecule has 0 saturated carbocycles. The van der Waals surface area contributed by atoms with Crippen LogP contribution in [0.25, 0.3) is 10.2 Å². The van der Waals surface area contributed by atoms with Gasteiger partial charge in [-0.1, -0.05) is 13.8 Å². The molecule has 0 fully saturated rings. The van der Waals surface area contributed by atoms with E-state index in [1.165, 1.54) is 0 Å². The second kappa shape index (κ2) is 4.95. The Morgan fingerprint density at radius 2 is 2.18 bits per heavy atom. The van der Waals surface area contributed by atoms with E-state index < -0.39 is 0 Å². The van der Waals surface area contributed by atoms with Crippen molar-refractivity contribution in [2.45, 2.75) is 20.0 Å². The molecule has 0 aliphatic heterocycles. The van der Waals surface area contributed by atoms with Crippen LogP contribution in [0.3, 0.4) is 0 Å². The first-order chi connectivity index (χ1) is 8.17. The minimum atomic E-state index is -0.117. The van der Waals surface area contributed by atoms with Crippen LogP contribution in [0.2, 0.25) is 0 Å². The van der Waals surface area contributed by atoms with E-state index >= 15 is 0 Å². The highest BCUT2D eigenvalue weighted by Gasteiger charge is 2.20. The Bertz CT molecular complexity index is 511. The number of nitrogens with two attached hydrogens (primary N) is 1. The molecule has 2 rings (SSSR count). The highest BCUT2D eigenvalue weighted by atomic mass is 32.1. The van der Waals surface area contributed by atoms with Crippen molar-refractivity contribution in [3.63, 3.8) is 0 Å². The highest BCUT2D eigenvalue weighted by Crippen LogP contribution is 2.29. The molecule has 2 aromatic heterocycles. The number of thiophene rings is 1. The lowest BCUT2D eigenvalue weighted by molar-refractivity contribution is 0.0579. The first kappa shape index (κ1) is 12.2. The third-order valence-electron chi connectivity index (χ3n) is 2.59. The van der Waals surface area contributed by atoms with Crippen molar-refractivity contribution in [1.29, 1.82) is 0 Å². The average Bonchev–Trinajstić information content (AvgIpc) is 2.76. The zero-order chi connectivity index (χ0) is 12.4. The summed E-state index contributed by atoms with van der Waals surface area (Å²) in [5, 5.41) is 2.92. The predicted octanol–water partition coefficient (Wildman–Crippen LogP) is 2.32. The Balaban J connectivity index is 2.54. The second-order valence-electron chi connectivity index (χ2n) is 4.11. The maximum Gasteiger partial charge on any atom is 0.161 e. The van der Waals surface area contributed by atoms with Crippen molar-refractivity contribution in [3.05, 3.63) is 17.3 Å². The van der Waals surface area contributed by atoms with E-state index in [-0.39, 0.29) is 6.10 Å². The van der Waals surface area contributed by atoms with Crippen molar-refractivity contribution in [3.8, 4) is 0 Å². The quantitative estimate of drug-likeness (QED) is 0.645. The van der Waals surface area contributed by atoms with Gasteiger partial charge in [-0.3, -0.25) is 0 Å². The summed E-state index contributed by atoms with van der Waals surface area (Å²) in [5.74, 6) is 7.11. The fourth-order valence-electron chi connectivity index (χ4n) is 1.78. The third kappa shape index (κ3) is 2.24. The summed E-state index contributed by atoms with van der Waals surface area (Å²) in [6, 6.07) is 1.95. The molecule has 0 saturated heterocycles. The van der Waals surface area contributed by atoms with Crippen molar-refractivity contribution in [2.75, 3.05) is 12.5 Å². The van der Waals surface area contributed by atoms with Crippen molar-refractivity contribution < 1.29 is 4.74 Å². The molecule has 1 unspecified atom stereocenters. The molecule has 6 heteroatoms. The summed E-state index contributed by atoms with van der Waals surface area (Å²) in [6.07, 6.45) is -0.117. The zero-order valence-electron chi connectivity index (χ0n) is 10.1. The number of hydrazine groups is 1. The maximum atomic E-state index is 5.49. The van der Waals surface area contributed by atoms with E-state index in [9.17, 15) is 0 Å². The van der Waals surface area contributed by atoms with E-state index in [1.54, 1.807) is 18.4 Å². The van der Waals surface area contributed by atoms with Gasteiger partial charge in [-0.25, -0.2) is 15.8 Å². The monoisotopic (exact) mass is 252 g/mol. The van der Waals surface area contributed by atoms with E-state index in [0.29, 0.717) is 17.6 Å². The maximum absolute atomic E-state index is 5.49. The first-order valence-corrected chi connectivity index (χ1v) is 6.30. The molecule has 0 aliphatic carbocycles. The summed E-state index contributed by atoms with van der Waals surface area (Å²) in [4.78, 5) is 9.86. The summed E-state index contributed by atoms with van der Waals surface area (Å²) in [7, 11) is 1.67.